The van der Waals surface area contributed by atoms with Crippen LogP contribution in [0.4, 0.5) is 14.5 Å². The summed E-state index contributed by atoms with van der Waals surface area (Å²) < 4.78 is 37.0. The third kappa shape index (κ3) is 4.50. The van der Waals surface area contributed by atoms with Gasteiger partial charge < -0.3 is 20.5 Å². The lowest BCUT2D eigenvalue weighted by Gasteiger charge is -2.23. The highest BCUT2D eigenvalue weighted by molar-refractivity contribution is 6.20. The molecule has 0 radical (unpaired) electrons. The van der Waals surface area contributed by atoms with Crippen LogP contribution in [0.25, 0.3) is 11.3 Å². The van der Waals surface area contributed by atoms with Gasteiger partial charge in [-0.05, 0) is 18.2 Å². The van der Waals surface area contributed by atoms with Gasteiger partial charge in [-0.1, -0.05) is 54.6 Å². The van der Waals surface area contributed by atoms with Crippen molar-refractivity contribution in [2.75, 3.05) is 11.9 Å². The number of anilines is 1. The Balaban J connectivity index is 1.44. The normalized spacial score (nSPS) is 18.0. The molecular weight excluding hydrogens is 520 g/mol. The van der Waals surface area contributed by atoms with E-state index in [1.165, 1.54) is 35.0 Å². The molecular formula is C29H23F2N5O4. The summed E-state index contributed by atoms with van der Waals surface area (Å²) in [6.45, 7) is 0.0327. The number of halogens is 2. The number of aryl methyl sites for hydroxylation is 1. The van der Waals surface area contributed by atoms with Crippen molar-refractivity contribution in [1.82, 2.24) is 15.1 Å². The molecule has 3 heterocycles. The molecule has 0 saturated heterocycles. The van der Waals surface area contributed by atoms with Crippen LogP contribution in [0.1, 0.15) is 27.9 Å². The van der Waals surface area contributed by atoms with Crippen molar-refractivity contribution in [2.24, 2.45) is 4.99 Å². The number of hydrogen-bond acceptors (Lipinski definition) is 6. The molecule has 0 aliphatic carbocycles. The predicted molar refractivity (Wildman–Crippen MR) is 142 cm³/mol. The smallest absolute Gasteiger partial charge is 0.269 e. The van der Waals surface area contributed by atoms with Crippen LogP contribution in [0.5, 0.6) is 5.88 Å². The molecule has 2 aliphatic heterocycles. The summed E-state index contributed by atoms with van der Waals surface area (Å²) in [4.78, 5) is 31.6. The van der Waals surface area contributed by atoms with E-state index in [4.69, 9.17) is 4.74 Å². The molecule has 0 bridgehead atoms. The zero-order valence-corrected chi connectivity index (χ0v) is 21.0. The Labute approximate surface area is 227 Å². The molecule has 2 aliphatic rings. The number of benzene rings is 3. The number of aliphatic hydroxyl groups is 1. The lowest BCUT2D eigenvalue weighted by molar-refractivity contribution is -0.117. The predicted octanol–water partition coefficient (Wildman–Crippen LogP) is 3.52. The van der Waals surface area contributed by atoms with Gasteiger partial charge in [0.25, 0.3) is 11.8 Å². The van der Waals surface area contributed by atoms with Gasteiger partial charge in [0.15, 0.2) is 0 Å². The van der Waals surface area contributed by atoms with Crippen molar-refractivity contribution >= 4 is 23.2 Å². The Hall–Kier alpha value is -4.90. The molecule has 40 heavy (non-hydrogen) atoms. The van der Waals surface area contributed by atoms with Crippen molar-refractivity contribution in [2.45, 2.75) is 25.2 Å². The number of para-hydroxylation sites is 1. The number of nitrogens with zero attached hydrogens (tertiary/aromatic N) is 3. The Bertz CT molecular complexity index is 1650. The average Bonchev–Trinajstić information content (AvgIpc) is 3.28. The van der Waals surface area contributed by atoms with Crippen molar-refractivity contribution in [1.29, 1.82) is 0 Å². The van der Waals surface area contributed by atoms with Gasteiger partial charge in [0, 0.05) is 29.7 Å². The molecule has 0 fully saturated rings. The van der Waals surface area contributed by atoms with E-state index in [2.05, 4.69) is 20.7 Å². The highest BCUT2D eigenvalue weighted by Crippen LogP contribution is 2.35. The number of ether oxygens (including phenoxy) is 1. The number of amides is 2. The minimum absolute atomic E-state index is 0.0137. The van der Waals surface area contributed by atoms with Crippen LogP contribution in [0.3, 0.4) is 0 Å². The van der Waals surface area contributed by atoms with E-state index in [0.29, 0.717) is 29.8 Å². The van der Waals surface area contributed by atoms with Gasteiger partial charge in [-0.2, -0.15) is 5.10 Å². The third-order valence-electron chi connectivity index (χ3n) is 6.75. The van der Waals surface area contributed by atoms with Gasteiger partial charge in [-0.25, -0.2) is 18.5 Å². The molecule has 6 rings (SSSR count). The monoisotopic (exact) mass is 543 g/mol. The molecule has 202 valence electrons. The topological polar surface area (TPSA) is 118 Å². The summed E-state index contributed by atoms with van der Waals surface area (Å²) in [6.07, 6.45) is -1.64. The van der Waals surface area contributed by atoms with Crippen molar-refractivity contribution in [3.05, 3.63) is 101 Å². The molecule has 0 saturated carbocycles. The maximum absolute atomic E-state index is 14.8. The second-order valence-electron chi connectivity index (χ2n) is 9.31. The van der Waals surface area contributed by atoms with E-state index in [0.717, 1.165) is 0 Å². The Morgan fingerprint density at radius 1 is 1.02 bits per heavy atom. The number of hydrogen-bond donors (Lipinski definition) is 3. The first-order valence-electron chi connectivity index (χ1n) is 12.6. The first-order chi connectivity index (χ1) is 19.4. The fourth-order valence-electron chi connectivity index (χ4n) is 4.79. The molecule has 2 amide bonds. The Kier molecular flexibility index (Phi) is 6.56. The highest BCUT2D eigenvalue weighted by Gasteiger charge is 2.35. The van der Waals surface area contributed by atoms with Crippen molar-refractivity contribution in [3.8, 4) is 17.1 Å². The molecule has 2 atom stereocenters. The summed E-state index contributed by atoms with van der Waals surface area (Å²) in [5.41, 5.74) is 1.15. The van der Waals surface area contributed by atoms with Crippen LogP contribution in [0, 0.1) is 11.6 Å². The van der Waals surface area contributed by atoms with Gasteiger partial charge in [-0.3, -0.25) is 9.59 Å². The second-order valence-corrected chi connectivity index (χ2v) is 9.31. The lowest BCUT2D eigenvalue weighted by atomic mass is 10.0. The number of nitrogens with one attached hydrogen (secondary N) is 2. The van der Waals surface area contributed by atoms with Gasteiger partial charge in [-0.15, -0.1) is 0 Å². The Morgan fingerprint density at radius 3 is 2.52 bits per heavy atom. The standard InChI is InChI=1S/C29H23F2N5O4/c30-20-11-5-4-9-18(20)25-22(29-36(35-25)14-13-17(15-37)40-29)27(38)34-26-28(39)33-24-19(10-6-12-21(24)31)23(32-26)16-7-2-1-3-8-16/h1-12,17,26,37H,13-15H2,(H,33,39)(H,34,38)/t17-,26+/m0/s1. The lowest BCUT2D eigenvalue weighted by Crippen LogP contribution is -2.43. The Morgan fingerprint density at radius 2 is 1.75 bits per heavy atom. The number of aliphatic imine (C=N–C) groups is 1. The van der Waals surface area contributed by atoms with E-state index >= 15 is 0 Å². The van der Waals surface area contributed by atoms with Crippen LogP contribution in [-0.4, -0.2) is 51.3 Å². The molecule has 3 aromatic carbocycles. The summed E-state index contributed by atoms with van der Waals surface area (Å²) in [7, 11) is 0. The minimum Gasteiger partial charge on any atom is -0.471 e. The summed E-state index contributed by atoms with van der Waals surface area (Å²) in [6, 6.07) is 19.1. The van der Waals surface area contributed by atoms with Gasteiger partial charge in [0.2, 0.25) is 12.0 Å². The van der Waals surface area contributed by atoms with Crippen LogP contribution in [-0.2, 0) is 11.3 Å². The zero-order valence-electron chi connectivity index (χ0n) is 21.0. The molecule has 1 aromatic heterocycles. The van der Waals surface area contributed by atoms with Crippen LogP contribution in [0.2, 0.25) is 0 Å². The van der Waals surface area contributed by atoms with Crippen LogP contribution < -0.4 is 15.4 Å². The van der Waals surface area contributed by atoms with E-state index < -0.39 is 35.7 Å². The second kappa shape index (κ2) is 10.3. The SMILES string of the molecule is O=C(N[C@H]1N=C(c2ccccc2)c2cccc(F)c2NC1=O)c1c(-c2ccccc2F)nn2c1O[C@H](CO)CC2. The van der Waals surface area contributed by atoms with E-state index in [1.54, 1.807) is 36.4 Å². The van der Waals surface area contributed by atoms with Gasteiger partial charge in [0.05, 0.1) is 18.0 Å². The van der Waals surface area contributed by atoms with E-state index in [-0.39, 0.29) is 35.0 Å². The number of benzodiazepines with no additional fused rings is 1. The fraction of sp³-hybridized carbons (Fsp3) is 0.172. The number of fused-ring (bicyclic) bond motifs is 2. The van der Waals surface area contributed by atoms with Crippen molar-refractivity contribution < 1.29 is 28.2 Å². The number of rotatable bonds is 5. The summed E-state index contributed by atoms with van der Waals surface area (Å²) in [5, 5.41) is 19.2. The van der Waals surface area contributed by atoms with E-state index in [1.807, 2.05) is 6.07 Å². The highest BCUT2D eigenvalue weighted by atomic mass is 19.1. The average molecular weight is 544 g/mol. The molecule has 0 spiro atoms. The van der Waals surface area contributed by atoms with Crippen LogP contribution in [0.15, 0.2) is 77.8 Å². The fourth-order valence-corrected chi connectivity index (χ4v) is 4.79. The largest absolute Gasteiger partial charge is 0.471 e. The molecule has 11 heteroatoms. The summed E-state index contributed by atoms with van der Waals surface area (Å²) in [5.74, 6) is -2.79. The quantitative estimate of drug-likeness (QED) is 0.356. The van der Waals surface area contributed by atoms with E-state index in [9.17, 15) is 23.5 Å². The van der Waals surface area contributed by atoms with Gasteiger partial charge in [0.1, 0.15) is 29.0 Å². The maximum Gasteiger partial charge on any atom is 0.269 e. The molecule has 4 aromatic rings. The van der Waals surface area contributed by atoms with Gasteiger partial charge >= 0.3 is 0 Å². The van der Waals surface area contributed by atoms with Crippen molar-refractivity contribution in [3.63, 3.8) is 0 Å². The third-order valence-corrected chi connectivity index (χ3v) is 6.75. The molecule has 3 N–H and O–H groups in total. The number of aromatic nitrogens is 2. The first-order valence-corrected chi connectivity index (χ1v) is 12.6. The number of aliphatic hydroxyl groups excluding tert-OH is 1. The van der Waals surface area contributed by atoms with Crippen LogP contribution >= 0.6 is 0 Å². The maximum atomic E-state index is 14.8. The minimum atomic E-state index is -1.48. The first kappa shape index (κ1) is 25.4. The zero-order chi connectivity index (χ0) is 27.8. The molecule has 9 nitrogen and oxygen atoms in total. The number of carbonyl (C=O) groups excluding carboxylic acids is 2. The molecule has 0 unspecified atom stereocenters. The number of carbonyl (C=O) groups is 2. The summed E-state index contributed by atoms with van der Waals surface area (Å²) >= 11 is 0.